The van der Waals surface area contributed by atoms with E-state index >= 15 is 0 Å². The second-order valence-corrected chi connectivity index (χ2v) is 6.24. The third-order valence-electron chi connectivity index (χ3n) is 3.86. The third kappa shape index (κ3) is 3.97. The molecule has 4 nitrogen and oxygen atoms in total. The van der Waals surface area contributed by atoms with Gasteiger partial charge in [0.1, 0.15) is 6.04 Å². The summed E-state index contributed by atoms with van der Waals surface area (Å²) in [5.41, 5.74) is 2.61. The van der Waals surface area contributed by atoms with E-state index in [2.05, 4.69) is 41.4 Å². The fourth-order valence-corrected chi connectivity index (χ4v) is 3.04. The van der Waals surface area contributed by atoms with Crippen LogP contribution in [0.2, 0.25) is 0 Å². The molecular weight excluding hydrogens is 264 g/mol. The standard InChI is InChI=1S/C17H26N2O2/c1-12(2)18-15(17(20)21-4)11-19-10-13(3)9-14-7-5-6-8-16(14)19/h5-8,12-13,15,18H,9-11H2,1-4H3. The number of ether oxygens (including phenoxy) is 1. The average molecular weight is 290 g/mol. The van der Waals surface area contributed by atoms with Crippen molar-refractivity contribution in [2.24, 2.45) is 5.92 Å². The summed E-state index contributed by atoms with van der Waals surface area (Å²) in [6.45, 7) is 7.97. The van der Waals surface area contributed by atoms with Crippen LogP contribution in [0, 0.1) is 5.92 Å². The molecule has 1 aromatic rings. The van der Waals surface area contributed by atoms with E-state index in [4.69, 9.17) is 4.74 Å². The lowest BCUT2D eigenvalue weighted by Crippen LogP contribution is -2.51. The van der Waals surface area contributed by atoms with E-state index in [-0.39, 0.29) is 18.1 Å². The minimum Gasteiger partial charge on any atom is -0.468 e. The van der Waals surface area contributed by atoms with Gasteiger partial charge in [-0.1, -0.05) is 39.0 Å². The maximum Gasteiger partial charge on any atom is 0.324 e. The summed E-state index contributed by atoms with van der Waals surface area (Å²) in [5, 5.41) is 3.31. The number of benzene rings is 1. The number of hydrogen-bond donors (Lipinski definition) is 1. The van der Waals surface area contributed by atoms with Gasteiger partial charge in [-0.3, -0.25) is 4.79 Å². The van der Waals surface area contributed by atoms with Gasteiger partial charge < -0.3 is 15.0 Å². The Bertz CT molecular complexity index is 487. The topological polar surface area (TPSA) is 41.6 Å². The summed E-state index contributed by atoms with van der Waals surface area (Å²) in [7, 11) is 1.45. The first kappa shape index (κ1) is 15.8. The predicted octanol–water partition coefficient (Wildman–Crippen LogP) is 2.22. The van der Waals surface area contributed by atoms with Crippen molar-refractivity contribution in [3.05, 3.63) is 29.8 Å². The molecule has 2 unspecified atom stereocenters. The van der Waals surface area contributed by atoms with E-state index in [1.54, 1.807) is 0 Å². The van der Waals surface area contributed by atoms with Gasteiger partial charge in [0.05, 0.1) is 7.11 Å². The van der Waals surface area contributed by atoms with E-state index in [0.29, 0.717) is 12.5 Å². The van der Waals surface area contributed by atoms with Gasteiger partial charge in [-0.15, -0.1) is 0 Å². The summed E-state index contributed by atoms with van der Waals surface area (Å²) < 4.78 is 4.94. The van der Waals surface area contributed by atoms with E-state index in [0.717, 1.165) is 13.0 Å². The highest BCUT2D eigenvalue weighted by Gasteiger charge is 2.27. The smallest absolute Gasteiger partial charge is 0.324 e. The number of rotatable bonds is 5. The van der Waals surface area contributed by atoms with Crippen molar-refractivity contribution in [1.82, 2.24) is 5.32 Å². The fraction of sp³-hybridized carbons (Fsp3) is 0.588. The molecule has 0 aliphatic carbocycles. The van der Waals surface area contributed by atoms with Crippen LogP contribution < -0.4 is 10.2 Å². The molecule has 1 heterocycles. The van der Waals surface area contributed by atoms with Crippen molar-refractivity contribution in [1.29, 1.82) is 0 Å². The summed E-state index contributed by atoms with van der Waals surface area (Å²) in [4.78, 5) is 14.3. The van der Waals surface area contributed by atoms with Gasteiger partial charge in [0, 0.05) is 24.8 Å². The highest BCUT2D eigenvalue weighted by molar-refractivity contribution is 5.77. The van der Waals surface area contributed by atoms with Crippen LogP contribution in [0.15, 0.2) is 24.3 Å². The van der Waals surface area contributed by atoms with Gasteiger partial charge in [-0.05, 0) is 24.0 Å². The lowest BCUT2D eigenvalue weighted by Gasteiger charge is -2.37. The summed E-state index contributed by atoms with van der Waals surface area (Å²) >= 11 is 0. The molecular formula is C17H26N2O2. The molecule has 116 valence electrons. The van der Waals surface area contributed by atoms with E-state index < -0.39 is 0 Å². The van der Waals surface area contributed by atoms with E-state index in [9.17, 15) is 4.79 Å². The minimum absolute atomic E-state index is 0.195. The third-order valence-corrected chi connectivity index (χ3v) is 3.86. The Morgan fingerprint density at radius 3 is 2.81 bits per heavy atom. The van der Waals surface area contributed by atoms with Crippen LogP contribution in [0.25, 0.3) is 0 Å². The Morgan fingerprint density at radius 2 is 2.14 bits per heavy atom. The number of nitrogens with one attached hydrogen (secondary N) is 1. The van der Waals surface area contributed by atoms with Gasteiger partial charge in [-0.2, -0.15) is 0 Å². The zero-order valence-electron chi connectivity index (χ0n) is 13.4. The monoisotopic (exact) mass is 290 g/mol. The number of fused-ring (bicyclic) bond motifs is 1. The van der Waals surface area contributed by atoms with Crippen molar-refractivity contribution < 1.29 is 9.53 Å². The van der Waals surface area contributed by atoms with Gasteiger partial charge in [0.2, 0.25) is 0 Å². The molecule has 0 amide bonds. The summed E-state index contributed by atoms with van der Waals surface area (Å²) in [6.07, 6.45) is 1.10. The van der Waals surface area contributed by atoms with Crippen molar-refractivity contribution in [3.8, 4) is 0 Å². The number of carbonyl (C=O) groups excluding carboxylic acids is 1. The van der Waals surface area contributed by atoms with Crippen LogP contribution in [0.4, 0.5) is 5.69 Å². The molecule has 0 bridgehead atoms. The number of esters is 1. The number of methoxy groups -OCH3 is 1. The van der Waals surface area contributed by atoms with Crippen LogP contribution in [0.3, 0.4) is 0 Å². The second kappa shape index (κ2) is 6.94. The Labute approximate surface area is 127 Å². The van der Waals surface area contributed by atoms with Gasteiger partial charge >= 0.3 is 5.97 Å². The van der Waals surface area contributed by atoms with Crippen LogP contribution in [-0.2, 0) is 16.0 Å². The maximum atomic E-state index is 12.0. The first-order chi connectivity index (χ1) is 10.0. The Morgan fingerprint density at radius 1 is 1.43 bits per heavy atom. The van der Waals surface area contributed by atoms with Gasteiger partial charge in [-0.25, -0.2) is 0 Å². The van der Waals surface area contributed by atoms with Crippen molar-refractivity contribution in [2.75, 3.05) is 25.1 Å². The zero-order valence-corrected chi connectivity index (χ0v) is 13.4. The van der Waals surface area contributed by atoms with Crippen LogP contribution in [0.1, 0.15) is 26.3 Å². The summed E-state index contributed by atoms with van der Waals surface area (Å²) in [5.74, 6) is 0.400. The Hall–Kier alpha value is -1.55. The van der Waals surface area contributed by atoms with Crippen molar-refractivity contribution in [2.45, 2.75) is 39.3 Å². The number of para-hydroxylation sites is 1. The molecule has 1 aliphatic rings. The highest BCUT2D eigenvalue weighted by Crippen LogP contribution is 2.29. The fourth-order valence-electron chi connectivity index (χ4n) is 3.04. The molecule has 0 aromatic heterocycles. The van der Waals surface area contributed by atoms with Crippen LogP contribution in [0.5, 0.6) is 0 Å². The highest BCUT2D eigenvalue weighted by atomic mass is 16.5. The first-order valence-corrected chi connectivity index (χ1v) is 7.68. The lowest BCUT2D eigenvalue weighted by atomic mass is 9.93. The zero-order chi connectivity index (χ0) is 15.4. The Balaban J connectivity index is 2.18. The number of hydrogen-bond acceptors (Lipinski definition) is 4. The molecule has 0 fully saturated rings. The van der Waals surface area contributed by atoms with Crippen LogP contribution in [-0.4, -0.2) is 38.3 Å². The second-order valence-electron chi connectivity index (χ2n) is 6.24. The largest absolute Gasteiger partial charge is 0.468 e. The molecule has 0 saturated carbocycles. The van der Waals surface area contributed by atoms with Crippen LogP contribution >= 0.6 is 0 Å². The minimum atomic E-state index is -0.298. The molecule has 0 radical (unpaired) electrons. The van der Waals surface area contributed by atoms with E-state index in [1.807, 2.05) is 13.8 Å². The predicted molar refractivity (Wildman–Crippen MR) is 85.6 cm³/mol. The normalized spacial score (nSPS) is 19.3. The molecule has 1 aromatic carbocycles. The summed E-state index contributed by atoms with van der Waals surface area (Å²) in [6, 6.07) is 8.41. The molecule has 1 aliphatic heterocycles. The van der Waals surface area contributed by atoms with Crippen molar-refractivity contribution >= 4 is 11.7 Å². The number of anilines is 1. The molecule has 0 spiro atoms. The number of nitrogens with zero attached hydrogens (tertiary/aromatic N) is 1. The molecule has 2 rings (SSSR count). The quantitative estimate of drug-likeness (QED) is 0.844. The van der Waals surface area contributed by atoms with Gasteiger partial charge in [0.25, 0.3) is 0 Å². The average Bonchev–Trinajstić information content (AvgIpc) is 2.45. The SMILES string of the molecule is COC(=O)C(CN1CC(C)Cc2ccccc21)NC(C)C. The van der Waals surface area contributed by atoms with Crippen molar-refractivity contribution in [3.63, 3.8) is 0 Å². The number of carbonyl (C=O) groups is 1. The molecule has 21 heavy (non-hydrogen) atoms. The van der Waals surface area contributed by atoms with E-state index in [1.165, 1.54) is 18.4 Å². The first-order valence-electron chi connectivity index (χ1n) is 7.68. The lowest BCUT2D eigenvalue weighted by molar-refractivity contribution is -0.143. The maximum absolute atomic E-state index is 12.0. The molecule has 0 saturated heterocycles. The molecule has 2 atom stereocenters. The van der Waals surface area contributed by atoms with Gasteiger partial charge in [0.15, 0.2) is 0 Å². The molecule has 4 heteroatoms. The Kier molecular flexibility index (Phi) is 5.23. The molecule has 1 N–H and O–H groups in total.